The van der Waals surface area contributed by atoms with Gasteiger partial charge in [-0.25, -0.2) is 9.97 Å². The van der Waals surface area contributed by atoms with Crippen LogP contribution in [0.3, 0.4) is 0 Å². The molecule has 2 aliphatic rings. The van der Waals surface area contributed by atoms with Crippen molar-refractivity contribution in [3.05, 3.63) is 18.5 Å². The Kier molecular flexibility index (Phi) is 12.8. The predicted octanol–water partition coefficient (Wildman–Crippen LogP) is 0.351. The van der Waals surface area contributed by atoms with Gasteiger partial charge in [-0.05, 0) is 6.07 Å². The van der Waals surface area contributed by atoms with Crippen LogP contribution in [0.5, 0.6) is 0 Å². The largest absolute Gasteiger partial charge is 0.394 e. The molecule has 0 unspecified atom stereocenters. The fraction of sp³-hybridized carbons (Fsp3) is 0.765. The number of aliphatic hydroxyl groups excluding tert-OH is 2. The minimum Gasteiger partial charge on any atom is -0.394 e. The molecule has 2 aliphatic heterocycles. The van der Waals surface area contributed by atoms with E-state index in [1.165, 1.54) is 0 Å². The van der Waals surface area contributed by atoms with Crippen molar-refractivity contribution in [2.24, 2.45) is 0 Å². The van der Waals surface area contributed by atoms with E-state index in [9.17, 15) is 10.2 Å². The first-order valence-electron chi connectivity index (χ1n) is 9.04. The van der Waals surface area contributed by atoms with Crippen LogP contribution in [0.15, 0.2) is 18.5 Å². The lowest BCUT2D eigenvalue weighted by Gasteiger charge is -2.40. The summed E-state index contributed by atoms with van der Waals surface area (Å²) in [5.41, 5.74) is 0. The first-order valence-corrected chi connectivity index (χ1v) is 9.04. The van der Waals surface area contributed by atoms with Crippen LogP contribution in [0.4, 0.5) is 5.95 Å². The molecule has 3 N–H and O–H groups in total. The van der Waals surface area contributed by atoms with Gasteiger partial charge in [0, 0.05) is 51.2 Å². The molecule has 0 spiro atoms. The molecular weight excluding hydrogens is 429 g/mol. The maximum Gasteiger partial charge on any atom is 0.225 e. The summed E-state index contributed by atoms with van der Waals surface area (Å²) in [6, 6.07) is 2.05. The number of rotatable bonds is 6. The van der Waals surface area contributed by atoms with Gasteiger partial charge in [0.15, 0.2) is 0 Å². The Morgan fingerprint density at radius 2 is 1.71 bits per heavy atom. The molecule has 1 aromatic heterocycles. The van der Waals surface area contributed by atoms with Gasteiger partial charge in [-0.15, -0.1) is 37.2 Å². The van der Waals surface area contributed by atoms with Crippen LogP contribution >= 0.6 is 37.2 Å². The third-order valence-corrected chi connectivity index (χ3v) is 4.94. The zero-order valence-electron chi connectivity index (χ0n) is 16.2. The third kappa shape index (κ3) is 6.53. The highest BCUT2D eigenvalue weighted by Crippen LogP contribution is 2.27. The Bertz CT molecular complexity index is 538. The second kappa shape index (κ2) is 13.0. The van der Waals surface area contributed by atoms with Crippen molar-refractivity contribution in [2.75, 3.05) is 44.2 Å². The zero-order valence-corrected chi connectivity index (χ0v) is 18.6. The summed E-state index contributed by atoms with van der Waals surface area (Å²) in [5.74, 6) is 0.747. The Hall–Kier alpha value is -0.450. The quantitative estimate of drug-likeness (QED) is 0.560. The van der Waals surface area contributed by atoms with E-state index in [1.54, 1.807) is 12.4 Å². The second-order valence-electron chi connectivity index (χ2n) is 7.01. The molecule has 2 fully saturated rings. The fourth-order valence-electron chi connectivity index (χ4n) is 3.62. The molecule has 164 valence electrons. The number of hydrogen-bond donors (Lipinski definition) is 3. The monoisotopic (exact) mass is 459 g/mol. The number of hydrogen-bond acceptors (Lipinski definition) is 8. The topological polar surface area (TPSA) is 94.0 Å². The maximum absolute atomic E-state index is 10.6. The molecule has 11 heteroatoms. The molecule has 2 saturated heterocycles. The van der Waals surface area contributed by atoms with Gasteiger partial charge in [0.05, 0.1) is 18.8 Å². The van der Waals surface area contributed by atoms with Crippen LogP contribution in [0.25, 0.3) is 0 Å². The fourth-order valence-corrected chi connectivity index (χ4v) is 3.62. The van der Waals surface area contributed by atoms with Gasteiger partial charge in [0.25, 0.3) is 0 Å². The van der Waals surface area contributed by atoms with E-state index in [0.717, 1.165) is 32.1 Å². The molecule has 3 rings (SSSR count). The standard InChI is InChI=1S/C17H29N5O3.3ClH/c1-12(2)20-10-13-15(16(24)14(11-23)25-13)21-6-8-22(9-7-21)17-18-4-3-5-19-17;;;/h3-5,12-16,20,23-24H,6-11H2,1-2H3;3*1H/t13-,14+,15+,16-;;;/m1.../s1. The highest BCUT2D eigenvalue weighted by Gasteiger charge is 2.46. The van der Waals surface area contributed by atoms with Crippen molar-refractivity contribution >= 4 is 43.2 Å². The highest BCUT2D eigenvalue weighted by molar-refractivity contribution is 5.86. The molecule has 0 aromatic carbocycles. The summed E-state index contributed by atoms with van der Waals surface area (Å²) in [6.07, 6.45) is 2.18. The molecule has 0 amide bonds. The highest BCUT2D eigenvalue weighted by atomic mass is 35.5. The number of halogens is 3. The molecular formula is C17H32Cl3N5O3. The Labute approximate surface area is 185 Å². The first-order chi connectivity index (χ1) is 12.1. The summed E-state index contributed by atoms with van der Waals surface area (Å²) in [7, 11) is 0. The molecule has 4 atom stereocenters. The van der Waals surface area contributed by atoms with Crippen LogP contribution in [0.1, 0.15) is 13.8 Å². The average Bonchev–Trinajstić information content (AvgIpc) is 2.96. The summed E-state index contributed by atoms with van der Waals surface area (Å²) in [6.45, 7) is 7.90. The van der Waals surface area contributed by atoms with Crippen molar-refractivity contribution in [3.63, 3.8) is 0 Å². The van der Waals surface area contributed by atoms with E-state index in [1.807, 2.05) is 6.07 Å². The zero-order chi connectivity index (χ0) is 17.8. The van der Waals surface area contributed by atoms with E-state index in [2.05, 4.69) is 38.9 Å². The van der Waals surface area contributed by atoms with Crippen molar-refractivity contribution in [1.82, 2.24) is 20.2 Å². The summed E-state index contributed by atoms with van der Waals surface area (Å²) < 4.78 is 5.91. The molecule has 0 bridgehead atoms. The van der Waals surface area contributed by atoms with Gasteiger partial charge < -0.3 is 25.2 Å². The van der Waals surface area contributed by atoms with Gasteiger partial charge in [0.2, 0.25) is 5.95 Å². The molecule has 28 heavy (non-hydrogen) atoms. The number of nitrogens with one attached hydrogen (secondary N) is 1. The van der Waals surface area contributed by atoms with Crippen molar-refractivity contribution < 1.29 is 14.9 Å². The Balaban J connectivity index is 0.00000243. The van der Waals surface area contributed by atoms with Gasteiger partial charge in [-0.1, -0.05) is 13.8 Å². The Morgan fingerprint density at radius 3 is 2.25 bits per heavy atom. The summed E-state index contributed by atoms with van der Waals surface area (Å²) >= 11 is 0. The van der Waals surface area contributed by atoms with Gasteiger partial charge in [-0.2, -0.15) is 0 Å². The van der Waals surface area contributed by atoms with E-state index in [4.69, 9.17) is 4.74 Å². The van der Waals surface area contributed by atoms with E-state index in [-0.39, 0.29) is 56.0 Å². The SMILES string of the molecule is CC(C)NC[C@H]1O[C@@H](CO)[C@@H](O)[C@H]1N1CCN(c2ncccn2)CC1.Cl.Cl.Cl. The van der Waals surface area contributed by atoms with E-state index < -0.39 is 12.2 Å². The van der Waals surface area contributed by atoms with Crippen LogP contribution in [0.2, 0.25) is 0 Å². The van der Waals surface area contributed by atoms with Gasteiger partial charge in [-0.3, -0.25) is 4.90 Å². The van der Waals surface area contributed by atoms with Crippen LogP contribution in [-0.2, 0) is 4.74 Å². The molecule has 1 aromatic rings. The minimum atomic E-state index is -0.677. The molecule has 8 nitrogen and oxygen atoms in total. The van der Waals surface area contributed by atoms with Crippen molar-refractivity contribution in [3.8, 4) is 0 Å². The predicted molar refractivity (Wildman–Crippen MR) is 116 cm³/mol. The lowest BCUT2D eigenvalue weighted by atomic mass is 10.0. The second-order valence-corrected chi connectivity index (χ2v) is 7.01. The van der Waals surface area contributed by atoms with Gasteiger partial charge in [0.1, 0.15) is 12.2 Å². The van der Waals surface area contributed by atoms with E-state index in [0.29, 0.717) is 12.6 Å². The smallest absolute Gasteiger partial charge is 0.225 e. The Morgan fingerprint density at radius 1 is 1.11 bits per heavy atom. The molecule has 0 saturated carbocycles. The first kappa shape index (κ1) is 27.5. The lowest BCUT2D eigenvalue weighted by Crippen LogP contribution is -2.57. The molecule has 0 radical (unpaired) electrons. The van der Waals surface area contributed by atoms with Crippen LogP contribution in [0, 0.1) is 0 Å². The maximum atomic E-state index is 10.6. The normalized spacial score (nSPS) is 27.7. The minimum absolute atomic E-state index is 0. The average molecular weight is 461 g/mol. The third-order valence-electron chi connectivity index (χ3n) is 4.94. The summed E-state index contributed by atoms with van der Waals surface area (Å²) in [5, 5.41) is 23.5. The number of aromatic nitrogens is 2. The van der Waals surface area contributed by atoms with Crippen LogP contribution in [-0.4, -0.2) is 94.8 Å². The molecule has 3 heterocycles. The number of anilines is 1. The number of nitrogens with zero attached hydrogens (tertiary/aromatic N) is 4. The number of piperazine rings is 1. The lowest BCUT2D eigenvalue weighted by molar-refractivity contribution is -0.0216. The summed E-state index contributed by atoms with van der Waals surface area (Å²) in [4.78, 5) is 13.0. The number of aliphatic hydroxyl groups is 2. The van der Waals surface area contributed by atoms with Crippen LogP contribution < -0.4 is 10.2 Å². The van der Waals surface area contributed by atoms with E-state index >= 15 is 0 Å². The van der Waals surface area contributed by atoms with Crippen molar-refractivity contribution in [2.45, 2.75) is 44.2 Å². The van der Waals surface area contributed by atoms with Crippen molar-refractivity contribution in [1.29, 1.82) is 0 Å². The van der Waals surface area contributed by atoms with Gasteiger partial charge >= 0.3 is 0 Å². The number of ether oxygens (including phenoxy) is 1. The molecule has 0 aliphatic carbocycles.